The topological polar surface area (TPSA) is 39.1 Å². The van der Waals surface area contributed by atoms with Gasteiger partial charge in [-0.2, -0.15) is 0 Å². The highest BCUT2D eigenvalue weighted by Crippen LogP contribution is 2.17. The third-order valence-electron chi connectivity index (χ3n) is 3.41. The lowest BCUT2D eigenvalue weighted by atomic mass is 10.1. The van der Waals surface area contributed by atoms with Gasteiger partial charge >= 0.3 is 0 Å². The number of rotatable bonds is 7. The van der Waals surface area contributed by atoms with Gasteiger partial charge in [-0.15, -0.1) is 0 Å². The molecule has 4 heteroatoms. The van der Waals surface area contributed by atoms with Gasteiger partial charge in [0.1, 0.15) is 11.6 Å². The van der Waals surface area contributed by atoms with E-state index in [0.29, 0.717) is 12.6 Å². The number of imidazole rings is 1. The normalized spacial score (nSPS) is 12.3. The van der Waals surface area contributed by atoms with Crippen LogP contribution in [-0.4, -0.2) is 22.7 Å². The average Bonchev–Trinajstić information content (AvgIpc) is 2.85. The molecule has 0 aliphatic heterocycles. The highest BCUT2D eigenvalue weighted by Gasteiger charge is 2.04. The molecule has 20 heavy (non-hydrogen) atoms. The first kappa shape index (κ1) is 14.6. The van der Waals surface area contributed by atoms with Crippen molar-refractivity contribution in [3.63, 3.8) is 0 Å². The van der Waals surface area contributed by atoms with E-state index in [9.17, 15) is 0 Å². The minimum absolute atomic E-state index is 0.376. The van der Waals surface area contributed by atoms with E-state index in [1.165, 1.54) is 5.56 Å². The fourth-order valence-corrected chi connectivity index (χ4v) is 2.17. The summed E-state index contributed by atoms with van der Waals surface area (Å²) in [6.45, 7) is 5.90. The molecule has 1 aromatic carbocycles. The molecule has 1 aromatic heterocycles. The number of hydrogen-bond acceptors (Lipinski definition) is 3. The summed E-state index contributed by atoms with van der Waals surface area (Å²) in [7, 11) is 2.00. The number of ether oxygens (including phenoxy) is 1. The number of nitrogens with one attached hydrogen (secondary N) is 1. The summed E-state index contributed by atoms with van der Waals surface area (Å²) in [6.07, 6.45) is 4.58. The molecule has 0 amide bonds. The van der Waals surface area contributed by atoms with Crippen LogP contribution in [0.1, 0.15) is 31.3 Å². The van der Waals surface area contributed by atoms with Gasteiger partial charge in [0, 0.05) is 31.9 Å². The first-order valence-electron chi connectivity index (χ1n) is 7.13. The molecule has 2 rings (SSSR count). The van der Waals surface area contributed by atoms with Crippen molar-refractivity contribution in [3.05, 3.63) is 48.0 Å². The average molecular weight is 273 g/mol. The Hall–Kier alpha value is -1.81. The van der Waals surface area contributed by atoms with Crippen LogP contribution < -0.4 is 10.1 Å². The minimum atomic E-state index is 0.376. The largest absolute Gasteiger partial charge is 0.493 e. The van der Waals surface area contributed by atoms with Gasteiger partial charge < -0.3 is 14.6 Å². The van der Waals surface area contributed by atoms with E-state index in [2.05, 4.69) is 36.3 Å². The molecule has 1 atom stereocenters. The third kappa shape index (κ3) is 3.84. The first-order chi connectivity index (χ1) is 9.70. The molecular formula is C16H23N3O. The molecule has 108 valence electrons. The predicted octanol–water partition coefficient (Wildman–Crippen LogP) is 2.71. The lowest BCUT2D eigenvalue weighted by Gasteiger charge is -2.13. The van der Waals surface area contributed by atoms with Gasteiger partial charge in [-0.3, -0.25) is 0 Å². The molecule has 4 nitrogen and oxygen atoms in total. The SMILES string of the molecule is CCNC(C)c1ccc(OCCc2nccn2C)cc1. The Kier molecular flexibility index (Phi) is 5.18. The van der Waals surface area contributed by atoms with E-state index in [-0.39, 0.29) is 0 Å². The Morgan fingerprint density at radius 1 is 1.30 bits per heavy atom. The van der Waals surface area contributed by atoms with Gasteiger partial charge in [-0.1, -0.05) is 19.1 Å². The molecule has 0 fully saturated rings. The van der Waals surface area contributed by atoms with Crippen molar-refractivity contribution in [1.82, 2.24) is 14.9 Å². The van der Waals surface area contributed by atoms with E-state index in [0.717, 1.165) is 24.5 Å². The van der Waals surface area contributed by atoms with Crippen molar-refractivity contribution >= 4 is 0 Å². The monoisotopic (exact) mass is 273 g/mol. The summed E-state index contributed by atoms with van der Waals surface area (Å²) in [5.74, 6) is 1.95. The van der Waals surface area contributed by atoms with Gasteiger partial charge in [0.05, 0.1) is 6.61 Å². The third-order valence-corrected chi connectivity index (χ3v) is 3.41. The van der Waals surface area contributed by atoms with E-state index >= 15 is 0 Å². The van der Waals surface area contributed by atoms with Crippen LogP contribution in [0.15, 0.2) is 36.7 Å². The molecular weight excluding hydrogens is 250 g/mol. The molecule has 0 saturated heterocycles. The smallest absolute Gasteiger partial charge is 0.119 e. The van der Waals surface area contributed by atoms with E-state index < -0.39 is 0 Å². The molecule has 0 radical (unpaired) electrons. The first-order valence-corrected chi connectivity index (χ1v) is 7.13. The van der Waals surface area contributed by atoms with E-state index in [1.54, 1.807) is 0 Å². The fraction of sp³-hybridized carbons (Fsp3) is 0.438. The minimum Gasteiger partial charge on any atom is -0.493 e. The molecule has 0 aliphatic carbocycles. The molecule has 0 spiro atoms. The van der Waals surface area contributed by atoms with Crippen LogP contribution in [-0.2, 0) is 13.5 Å². The number of nitrogens with zero attached hydrogens (tertiary/aromatic N) is 2. The lowest BCUT2D eigenvalue weighted by Crippen LogP contribution is -2.17. The molecule has 1 N–H and O–H groups in total. The van der Waals surface area contributed by atoms with Crippen molar-refractivity contribution in [3.8, 4) is 5.75 Å². The Morgan fingerprint density at radius 2 is 2.05 bits per heavy atom. The fourth-order valence-electron chi connectivity index (χ4n) is 2.17. The zero-order chi connectivity index (χ0) is 14.4. The second-order valence-corrected chi connectivity index (χ2v) is 4.90. The van der Waals surface area contributed by atoms with E-state index in [1.807, 2.05) is 36.1 Å². The number of aryl methyl sites for hydroxylation is 1. The summed E-state index contributed by atoms with van der Waals surface area (Å²) in [6, 6.07) is 8.66. The predicted molar refractivity (Wildman–Crippen MR) is 80.9 cm³/mol. The van der Waals surface area contributed by atoms with E-state index in [4.69, 9.17) is 4.74 Å². The van der Waals surface area contributed by atoms with Crippen molar-refractivity contribution in [2.75, 3.05) is 13.2 Å². The highest BCUT2D eigenvalue weighted by atomic mass is 16.5. The Bertz CT molecular complexity index is 519. The summed E-state index contributed by atoms with van der Waals surface area (Å²) in [4.78, 5) is 4.28. The lowest BCUT2D eigenvalue weighted by molar-refractivity contribution is 0.317. The second-order valence-electron chi connectivity index (χ2n) is 4.90. The Morgan fingerprint density at radius 3 is 2.65 bits per heavy atom. The molecule has 2 aromatic rings. The molecule has 0 saturated carbocycles. The van der Waals surface area contributed by atoms with Crippen molar-refractivity contribution in [2.24, 2.45) is 7.05 Å². The van der Waals surface area contributed by atoms with Gasteiger partial charge in [-0.05, 0) is 31.2 Å². The van der Waals surface area contributed by atoms with Gasteiger partial charge in [0.15, 0.2) is 0 Å². The van der Waals surface area contributed by atoms with Crippen LogP contribution in [0.2, 0.25) is 0 Å². The van der Waals surface area contributed by atoms with Crippen molar-refractivity contribution in [1.29, 1.82) is 0 Å². The summed E-state index contributed by atoms with van der Waals surface area (Å²) >= 11 is 0. The van der Waals surface area contributed by atoms with Crippen molar-refractivity contribution in [2.45, 2.75) is 26.3 Å². The summed E-state index contributed by atoms with van der Waals surface area (Å²) in [5, 5.41) is 3.40. The van der Waals surface area contributed by atoms with Crippen molar-refractivity contribution < 1.29 is 4.74 Å². The maximum atomic E-state index is 5.76. The quantitative estimate of drug-likeness (QED) is 0.843. The zero-order valence-electron chi connectivity index (χ0n) is 12.5. The van der Waals surface area contributed by atoms with Gasteiger partial charge in [0.25, 0.3) is 0 Å². The van der Waals surface area contributed by atoms with Crippen LogP contribution in [0.25, 0.3) is 0 Å². The molecule has 1 unspecified atom stereocenters. The standard InChI is InChI=1S/C16H23N3O/c1-4-17-13(2)14-5-7-15(8-6-14)20-12-9-16-18-10-11-19(16)3/h5-8,10-11,13,17H,4,9,12H2,1-3H3. The zero-order valence-corrected chi connectivity index (χ0v) is 12.5. The van der Waals surface area contributed by atoms with Gasteiger partial charge in [0.2, 0.25) is 0 Å². The summed E-state index contributed by atoms with van der Waals surface area (Å²) < 4.78 is 7.77. The summed E-state index contributed by atoms with van der Waals surface area (Å²) in [5.41, 5.74) is 1.28. The maximum absolute atomic E-state index is 5.76. The van der Waals surface area contributed by atoms with Gasteiger partial charge in [-0.25, -0.2) is 4.98 Å². The number of aromatic nitrogens is 2. The van der Waals surface area contributed by atoms with Crippen LogP contribution in [0.3, 0.4) is 0 Å². The van der Waals surface area contributed by atoms with Crippen LogP contribution in [0.4, 0.5) is 0 Å². The number of hydrogen-bond donors (Lipinski definition) is 1. The molecule has 1 heterocycles. The highest BCUT2D eigenvalue weighted by molar-refractivity contribution is 5.28. The maximum Gasteiger partial charge on any atom is 0.119 e. The molecule has 0 aliphatic rings. The Labute approximate surface area is 120 Å². The van der Waals surface area contributed by atoms with Crippen LogP contribution in [0.5, 0.6) is 5.75 Å². The van der Waals surface area contributed by atoms with Crippen LogP contribution >= 0.6 is 0 Å². The Balaban J connectivity index is 1.83. The number of benzene rings is 1. The van der Waals surface area contributed by atoms with Crippen LogP contribution in [0, 0.1) is 0 Å². The second kappa shape index (κ2) is 7.10. The molecule has 0 bridgehead atoms.